The van der Waals surface area contributed by atoms with Crippen LogP contribution in [0.1, 0.15) is 59.3 Å². The number of rotatable bonds is 7. The number of benzene rings is 1. The molecule has 1 aromatic carbocycles. The van der Waals surface area contributed by atoms with E-state index >= 15 is 0 Å². The van der Waals surface area contributed by atoms with Gasteiger partial charge in [-0.25, -0.2) is 0 Å². The Kier molecular flexibility index (Phi) is 6.80. The average molecular weight is 443 g/mol. The van der Waals surface area contributed by atoms with Crippen LogP contribution >= 0.6 is 0 Å². The van der Waals surface area contributed by atoms with Crippen molar-refractivity contribution in [1.82, 2.24) is 10.6 Å². The molecule has 0 spiro atoms. The third-order valence-electron chi connectivity index (χ3n) is 8.33. The van der Waals surface area contributed by atoms with Crippen molar-refractivity contribution in [1.29, 1.82) is 0 Å². The number of ether oxygens (including phenoxy) is 1. The van der Waals surface area contributed by atoms with Crippen LogP contribution in [-0.4, -0.2) is 41.7 Å². The van der Waals surface area contributed by atoms with Gasteiger partial charge in [0.2, 0.25) is 5.91 Å². The SMILES string of the molecule is C[C@H]1[C@@H]2[C@@H](O)C([C@H](C)C(=O)NC3CC3)CC[C@@]2(C)CC[C@@H]1NC(=O)COc1ccccc1. The van der Waals surface area contributed by atoms with Gasteiger partial charge in [0, 0.05) is 18.0 Å². The quantitative estimate of drug-likeness (QED) is 0.605. The number of carbonyl (C=O) groups is 2. The van der Waals surface area contributed by atoms with E-state index in [9.17, 15) is 14.7 Å². The summed E-state index contributed by atoms with van der Waals surface area (Å²) in [5.41, 5.74) is 0.0454. The number of fused-ring (bicyclic) bond motifs is 1. The summed E-state index contributed by atoms with van der Waals surface area (Å²) in [7, 11) is 0. The third-order valence-corrected chi connectivity index (χ3v) is 8.33. The Morgan fingerprint density at radius 3 is 2.50 bits per heavy atom. The number of aliphatic hydroxyl groups is 1. The second-order valence-corrected chi connectivity index (χ2v) is 10.6. The topological polar surface area (TPSA) is 87.7 Å². The van der Waals surface area contributed by atoms with E-state index in [0.717, 1.165) is 38.5 Å². The van der Waals surface area contributed by atoms with Gasteiger partial charge in [0.05, 0.1) is 6.10 Å². The van der Waals surface area contributed by atoms with Crippen LogP contribution in [0.25, 0.3) is 0 Å². The first kappa shape index (κ1) is 23.1. The molecule has 0 bridgehead atoms. The normalized spacial score (nSPS) is 35.3. The highest BCUT2D eigenvalue weighted by Crippen LogP contribution is 2.55. The first-order chi connectivity index (χ1) is 15.3. The zero-order valence-electron chi connectivity index (χ0n) is 19.5. The van der Waals surface area contributed by atoms with Gasteiger partial charge in [0.15, 0.2) is 6.61 Å². The van der Waals surface area contributed by atoms with E-state index in [0.29, 0.717) is 11.8 Å². The van der Waals surface area contributed by atoms with Crippen LogP contribution in [-0.2, 0) is 9.59 Å². The van der Waals surface area contributed by atoms with Crippen molar-refractivity contribution in [2.24, 2.45) is 29.1 Å². The summed E-state index contributed by atoms with van der Waals surface area (Å²) in [5.74, 6) is 0.579. The van der Waals surface area contributed by atoms with E-state index in [2.05, 4.69) is 24.5 Å². The van der Waals surface area contributed by atoms with Gasteiger partial charge >= 0.3 is 0 Å². The predicted octanol–water partition coefficient (Wildman–Crippen LogP) is 3.29. The molecule has 0 radical (unpaired) electrons. The maximum atomic E-state index is 12.7. The summed E-state index contributed by atoms with van der Waals surface area (Å²) in [6.07, 6.45) is 5.37. The first-order valence-corrected chi connectivity index (χ1v) is 12.2. The van der Waals surface area contributed by atoms with E-state index in [1.54, 1.807) is 0 Å². The van der Waals surface area contributed by atoms with Gasteiger partial charge in [0.1, 0.15) is 5.75 Å². The van der Waals surface area contributed by atoms with Crippen molar-refractivity contribution in [3.05, 3.63) is 30.3 Å². The summed E-state index contributed by atoms with van der Waals surface area (Å²) >= 11 is 0. The van der Waals surface area contributed by atoms with Gasteiger partial charge in [-0.2, -0.15) is 0 Å². The second kappa shape index (κ2) is 9.42. The lowest BCUT2D eigenvalue weighted by Gasteiger charge is -2.56. The largest absolute Gasteiger partial charge is 0.484 e. The summed E-state index contributed by atoms with van der Waals surface area (Å²) in [5, 5.41) is 17.7. The Morgan fingerprint density at radius 2 is 1.81 bits per heavy atom. The summed E-state index contributed by atoms with van der Waals surface area (Å²) in [6, 6.07) is 9.68. The fraction of sp³-hybridized carbons (Fsp3) is 0.692. The number of carbonyl (C=O) groups excluding carboxylic acids is 2. The molecule has 3 saturated carbocycles. The van der Waals surface area contributed by atoms with Crippen molar-refractivity contribution >= 4 is 11.8 Å². The molecule has 3 aliphatic carbocycles. The van der Waals surface area contributed by atoms with Crippen LogP contribution < -0.4 is 15.4 Å². The molecule has 7 atom stereocenters. The van der Waals surface area contributed by atoms with E-state index in [1.807, 2.05) is 37.3 Å². The van der Waals surface area contributed by atoms with E-state index in [1.165, 1.54) is 0 Å². The molecule has 3 fully saturated rings. The van der Waals surface area contributed by atoms with Gasteiger partial charge < -0.3 is 20.5 Å². The number of nitrogens with one attached hydrogen (secondary N) is 2. The lowest BCUT2D eigenvalue weighted by molar-refractivity contribution is -0.144. The minimum absolute atomic E-state index is 0.00365. The monoisotopic (exact) mass is 442 g/mol. The van der Waals surface area contributed by atoms with Crippen molar-refractivity contribution in [3.63, 3.8) is 0 Å². The standard InChI is InChI=1S/C26H38N2O4/c1-16(25(31)27-18-9-10-18)20-11-13-26(3)14-12-21(17(2)23(26)24(20)30)28-22(29)15-32-19-7-5-4-6-8-19/h4-8,16-18,20-21,23-24,30H,9-15H2,1-3H3,(H,27,31)(H,28,29)/t16-,17+,20?,21-,23+,24-,26-/m0/s1. The average Bonchev–Trinajstić information content (AvgIpc) is 3.59. The van der Waals surface area contributed by atoms with Gasteiger partial charge in [-0.05, 0) is 73.8 Å². The maximum absolute atomic E-state index is 12.7. The Hall–Kier alpha value is -2.08. The molecule has 0 aromatic heterocycles. The first-order valence-electron chi connectivity index (χ1n) is 12.2. The second-order valence-electron chi connectivity index (χ2n) is 10.6. The number of hydrogen-bond donors (Lipinski definition) is 3. The molecule has 0 heterocycles. The molecule has 0 saturated heterocycles. The number of para-hydroxylation sites is 1. The fourth-order valence-corrected chi connectivity index (χ4v) is 6.17. The fourth-order valence-electron chi connectivity index (χ4n) is 6.17. The van der Waals surface area contributed by atoms with Gasteiger partial charge in [-0.1, -0.05) is 39.0 Å². The summed E-state index contributed by atoms with van der Waals surface area (Å²) < 4.78 is 5.60. The Labute approximate surface area is 191 Å². The molecule has 6 heteroatoms. The Morgan fingerprint density at radius 1 is 1.12 bits per heavy atom. The lowest BCUT2D eigenvalue weighted by atomic mass is 9.51. The van der Waals surface area contributed by atoms with Crippen molar-refractivity contribution in [3.8, 4) is 5.75 Å². The van der Waals surface area contributed by atoms with Crippen molar-refractivity contribution in [2.75, 3.05) is 6.61 Å². The lowest BCUT2D eigenvalue weighted by Crippen LogP contribution is -2.59. The molecule has 3 aliphatic rings. The zero-order chi connectivity index (χ0) is 22.9. The highest BCUT2D eigenvalue weighted by Gasteiger charge is 2.54. The van der Waals surface area contributed by atoms with Gasteiger partial charge in [0.25, 0.3) is 5.91 Å². The van der Waals surface area contributed by atoms with Crippen molar-refractivity contribution < 1.29 is 19.4 Å². The number of hydrogen-bond acceptors (Lipinski definition) is 4. The molecule has 1 unspecified atom stereocenters. The van der Waals surface area contributed by atoms with Crippen molar-refractivity contribution in [2.45, 2.75) is 77.5 Å². The van der Waals surface area contributed by atoms with E-state index in [4.69, 9.17) is 4.74 Å². The molecule has 32 heavy (non-hydrogen) atoms. The molecule has 176 valence electrons. The molecule has 6 nitrogen and oxygen atoms in total. The third kappa shape index (κ3) is 4.95. The molecule has 3 N–H and O–H groups in total. The smallest absolute Gasteiger partial charge is 0.258 e. The minimum atomic E-state index is -0.538. The molecule has 0 aliphatic heterocycles. The van der Waals surface area contributed by atoms with Crippen LogP contribution in [0.4, 0.5) is 0 Å². The Bertz CT molecular complexity index is 811. The van der Waals surface area contributed by atoms with Crippen LogP contribution in [0.15, 0.2) is 30.3 Å². The molecule has 2 amide bonds. The molecule has 4 rings (SSSR count). The Balaban J connectivity index is 1.37. The van der Waals surface area contributed by atoms with Gasteiger partial charge in [-0.3, -0.25) is 9.59 Å². The van der Waals surface area contributed by atoms with Crippen LogP contribution in [0.2, 0.25) is 0 Å². The van der Waals surface area contributed by atoms with Crippen LogP contribution in [0, 0.1) is 29.1 Å². The van der Waals surface area contributed by atoms with E-state index in [-0.39, 0.29) is 53.5 Å². The van der Waals surface area contributed by atoms with Gasteiger partial charge in [-0.15, -0.1) is 0 Å². The number of aliphatic hydroxyl groups excluding tert-OH is 1. The molecular weight excluding hydrogens is 404 g/mol. The van der Waals surface area contributed by atoms with Crippen LogP contribution in [0.5, 0.6) is 5.75 Å². The predicted molar refractivity (Wildman–Crippen MR) is 123 cm³/mol. The highest BCUT2D eigenvalue weighted by molar-refractivity contribution is 5.79. The molecular formula is C26H38N2O4. The van der Waals surface area contributed by atoms with E-state index < -0.39 is 6.10 Å². The number of amides is 2. The van der Waals surface area contributed by atoms with Crippen LogP contribution in [0.3, 0.4) is 0 Å². The zero-order valence-corrected chi connectivity index (χ0v) is 19.5. The minimum Gasteiger partial charge on any atom is -0.484 e. The summed E-state index contributed by atoms with van der Waals surface area (Å²) in [4.78, 5) is 25.2. The maximum Gasteiger partial charge on any atom is 0.258 e. The summed E-state index contributed by atoms with van der Waals surface area (Å²) in [6.45, 7) is 6.37. The highest BCUT2D eigenvalue weighted by atomic mass is 16.5. The molecule has 1 aromatic rings.